The number of aliphatic hydroxyl groups excluding tert-OH is 1. The van der Waals surface area contributed by atoms with Gasteiger partial charge < -0.3 is 20.2 Å². The third-order valence-electron chi connectivity index (χ3n) is 9.22. The summed E-state index contributed by atoms with van der Waals surface area (Å²) >= 11 is 0. The standard InChI is InChI=1S/C29H36F3N5O4S/c30-21-4-5-24(33-26(21)37-14-10-29(31,32)11-15-37)34-27(39)25-20-3-1-2-19(20)22(35-42(40,41)17-16-38)18-23(25)36-12-8-28(6-7-28)9-13-36/h4-5,18,35,38H,1-3,6-17H2,(H,33,34,39). The fraction of sp³-hybridized carbons (Fsp3) is 0.586. The average Bonchev–Trinajstić information content (AvgIpc) is 3.49. The number of fused-ring (bicyclic) bond motifs is 1. The molecule has 0 atom stereocenters. The normalized spacial score (nSPS) is 20.9. The molecular weight excluding hydrogens is 571 g/mol. The molecule has 1 aromatic carbocycles. The summed E-state index contributed by atoms with van der Waals surface area (Å²) in [6.45, 7) is 0.874. The van der Waals surface area contributed by atoms with Crippen LogP contribution >= 0.6 is 0 Å². The summed E-state index contributed by atoms with van der Waals surface area (Å²) in [4.78, 5) is 21.9. The van der Waals surface area contributed by atoms with E-state index in [1.807, 2.05) is 0 Å². The molecule has 1 aromatic heterocycles. The van der Waals surface area contributed by atoms with E-state index in [1.54, 1.807) is 6.07 Å². The van der Waals surface area contributed by atoms with E-state index >= 15 is 0 Å². The Balaban J connectivity index is 1.33. The molecule has 1 amide bonds. The van der Waals surface area contributed by atoms with Crippen molar-refractivity contribution in [3.8, 4) is 0 Å². The van der Waals surface area contributed by atoms with Crippen LogP contribution in [-0.2, 0) is 22.9 Å². The van der Waals surface area contributed by atoms with Gasteiger partial charge in [-0.05, 0) is 79.7 Å². The minimum atomic E-state index is -3.79. The van der Waals surface area contributed by atoms with Gasteiger partial charge in [0.2, 0.25) is 10.0 Å². The molecule has 0 unspecified atom stereocenters. The van der Waals surface area contributed by atoms with Crippen LogP contribution in [0.1, 0.15) is 66.4 Å². The van der Waals surface area contributed by atoms with Crippen LogP contribution in [0.4, 0.5) is 36.2 Å². The van der Waals surface area contributed by atoms with Gasteiger partial charge in [0.15, 0.2) is 11.6 Å². The van der Waals surface area contributed by atoms with Crippen LogP contribution in [0, 0.1) is 11.2 Å². The molecule has 13 heteroatoms. The molecule has 6 rings (SSSR count). The molecule has 228 valence electrons. The van der Waals surface area contributed by atoms with Crippen molar-refractivity contribution in [1.82, 2.24) is 4.98 Å². The number of benzene rings is 1. The number of anilines is 4. The van der Waals surface area contributed by atoms with Gasteiger partial charge in [-0.15, -0.1) is 0 Å². The van der Waals surface area contributed by atoms with E-state index in [1.165, 1.54) is 29.9 Å². The Labute approximate surface area is 243 Å². The number of halogens is 3. The number of carbonyl (C=O) groups is 1. The van der Waals surface area contributed by atoms with Crippen molar-refractivity contribution in [3.63, 3.8) is 0 Å². The maximum atomic E-state index is 14.7. The Morgan fingerprint density at radius 1 is 0.976 bits per heavy atom. The largest absolute Gasteiger partial charge is 0.395 e. The number of hydrogen-bond acceptors (Lipinski definition) is 7. The lowest BCUT2D eigenvalue weighted by Crippen LogP contribution is -2.40. The first-order valence-corrected chi connectivity index (χ1v) is 16.3. The van der Waals surface area contributed by atoms with Crippen LogP contribution in [0.25, 0.3) is 0 Å². The molecule has 1 spiro atoms. The van der Waals surface area contributed by atoms with Crippen LogP contribution in [0.2, 0.25) is 0 Å². The highest BCUT2D eigenvalue weighted by atomic mass is 32.2. The van der Waals surface area contributed by atoms with Gasteiger partial charge in [-0.25, -0.2) is 26.6 Å². The molecule has 0 bridgehead atoms. The Morgan fingerprint density at radius 3 is 2.31 bits per heavy atom. The third-order valence-corrected chi connectivity index (χ3v) is 10.5. The van der Waals surface area contributed by atoms with Gasteiger partial charge in [-0.1, -0.05) is 0 Å². The summed E-state index contributed by atoms with van der Waals surface area (Å²) in [6, 6.07) is 4.26. The highest BCUT2D eigenvalue weighted by Crippen LogP contribution is 2.54. The number of nitrogens with one attached hydrogen (secondary N) is 2. The van der Waals surface area contributed by atoms with Crippen molar-refractivity contribution in [3.05, 3.63) is 40.7 Å². The summed E-state index contributed by atoms with van der Waals surface area (Å²) < 4.78 is 70.0. The van der Waals surface area contributed by atoms with Crippen LogP contribution < -0.4 is 19.8 Å². The molecule has 2 saturated heterocycles. The van der Waals surface area contributed by atoms with E-state index in [4.69, 9.17) is 0 Å². The fourth-order valence-electron chi connectivity index (χ4n) is 6.55. The maximum absolute atomic E-state index is 14.7. The number of carbonyl (C=O) groups excluding carboxylic acids is 1. The first-order valence-electron chi connectivity index (χ1n) is 14.6. The van der Waals surface area contributed by atoms with Crippen LogP contribution in [0.15, 0.2) is 18.2 Å². The van der Waals surface area contributed by atoms with Crippen molar-refractivity contribution in [2.75, 3.05) is 58.4 Å². The van der Waals surface area contributed by atoms with Crippen molar-refractivity contribution in [1.29, 1.82) is 0 Å². The highest BCUT2D eigenvalue weighted by Gasteiger charge is 2.45. The van der Waals surface area contributed by atoms with E-state index in [-0.39, 0.29) is 24.7 Å². The number of aliphatic hydroxyl groups is 1. The quantitative estimate of drug-likeness (QED) is 0.410. The van der Waals surface area contributed by atoms with Gasteiger partial charge in [0.25, 0.3) is 11.8 Å². The number of hydrogen-bond donors (Lipinski definition) is 3. The first-order chi connectivity index (χ1) is 20.0. The van der Waals surface area contributed by atoms with Gasteiger partial charge in [0.1, 0.15) is 5.82 Å². The van der Waals surface area contributed by atoms with Gasteiger partial charge in [-0.3, -0.25) is 9.52 Å². The Hall–Kier alpha value is -3.06. The number of nitrogens with zero attached hydrogens (tertiary/aromatic N) is 3. The van der Waals surface area contributed by atoms with E-state index in [9.17, 15) is 31.5 Å². The second-order valence-electron chi connectivity index (χ2n) is 12.1. The first kappa shape index (κ1) is 29.0. The molecule has 1 saturated carbocycles. The summed E-state index contributed by atoms with van der Waals surface area (Å²) in [5.41, 5.74) is 3.41. The average molecular weight is 608 g/mol. The van der Waals surface area contributed by atoms with Crippen molar-refractivity contribution < 1.29 is 31.5 Å². The minimum Gasteiger partial charge on any atom is -0.395 e. The van der Waals surface area contributed by atoms with E-state index in [0.717, 1.165) is 43.5 Å². The molecule has 3 fully saturated rings. The van der Waals surface area contributed by atoms with Gasteiger partial charge in [-0.2, -0.15) is 0 Å². The van der Waals surface area contributed by atoms with E-state index < -0.39 is 52.9 Å². The summed E-state index contributed by atoms with van der Waals surface area (Å²) in [5.74, 6) is -4.28. The number of aromatic nitrogens is 1. The van der Waals surface area contributed by atoms with Crippen molar-refractivity contribution in [2.45, 2.75) is 63.7 Å². The second kappa shape index (κ2) is 10.9. The number of pyridine rings is 1. The van der Waals surface area contributed by atoms with Crippen molar-refractivity contribution in [2.24, 2.45) is 5.41 Å². The molecule has 3 heterocycles. The molecule has 42 heavy (non-hydrogen) atoms. The maximum Gasteiger partial charge on any atom is 0.259 e. The lowest BCUT2D eigenvalue weighted by molar-refractivity contribution is -0.0222. The second-order valence-corrected chi connectivity index (χ2v) is 13.9. The summed E-state index contributed by atoms with van der Waals surface area (Å²) in [7, 11) is -3.79. The predicted molar refractivity (Wildman–Crippen MR) is 155 cm³/mol. The number of rotatable bonds is 8. The zero-order chi connectivity index (χ0) is 29.7. The molecule has 2 aliphatic carbocycles. The lowest BCUT2D eigenvalue weighted by atomic mass is 9.91. The van der Waals surface area contributed by atoms with E-state index in [0.29, 0.717) is 35.2 Å². The highest BCUT2D eigenvalue weighted by molar-refractivity contribution is 7.92. The number of amides is 1. The molecule has 9 nitrogen and oxygen atoms in total. The summed E-state index contributed by atoms with van der Waals surface area (Å²) in [5, 5.41) is 12.1. The molecule has 4 aliphatic rings. The predicted octanol–water partition coefficient (Wildman–Crippen LogP) is 4.31. The number of sulfonamides is 1. The van der Waals surface area contributed by atoms with E-state index in [2.05, 4.69) is 19.9 Å². The van der Waals surface area contributed by atoms with Crippen LogP contribution in [-0.4, -0.2) is 68.9 Å². The molecule has 3 N–H and O–H groups in total. The third kappa shape index (κ3) is 5.90. The molecule has 2 aromatic rings. The molecule has 0 radical (unpaired) electrons. The smallest absolute Gasteiger partial charge is 0.259 e. The SMILES string of the molecule is O=C(Nc1ccc(F)c(N2CCC(F)(F)CC2)n1)c1c(N2CCC3(CC2)CC3)cc(NS(=O)(=O)CCO)c2c1CCC2. The monoisotopic (exact) mass is 607 g/mol. The number of alkyl halides is 2. The lowest BCUT2D eigenvalue weighted by Gasteiger charge is -2.36. The summed E-state index contributed by atoms with van der Waals surface area (Å²) in [6.07, 6.45) is 5.53. The fourth-order valence-corrected chi connectivity index (χ4v) is 7.41. The zero-order valence-corrected chi connectivity index (χ0v) is 24.2. The van der Waals surface area contributed by atoms with Crippen LogP contribution in [0.5, 0.6) is 0 Å². The van der Waals surface area contributed by atoms with Gasteiger partial charge in [0, 0.05) is 39.0 Å². The molecular formula is C29H36F3N5O4S. The van der Waals surface area contributed by atoms with Crippen molar-refractivity contribution >= 4 is 38.9 Å². The van der Waals surface area contributed by atoms with Gasteiger partial charge >= 0.3 is 0 Å². The minimum absolute atomic E-state index is 0.0456. The molecule has 2 aliphatic heterocycles. The van der Waals surface area contributed by atoms with Gasteiger partial charge in [0.05, 0.1) is 29.3 Å². The zero-order valence-electron chi connectivity index (χ0n) is 23.4. The Bertz CT molecular complexity index is 1480. The number of piperidine rings is 2. The topological polar surface area (TPSA) is 115 Å². The Kier molecular flexibility index (Phi) is 7.53. The Morgan fingerprint density at radius 2 is 1.64 bits per heavy atom. The van der Waals surface area contributed by atoms with Crippen LogP contribution in [0.3, 0.4) is 0 Å².